The Balaban J connectivity index is 1.70. The minimum atomic E-state index is -0.394. The van der Waals surface area contributed by atoms with Crippen LogP contribution in [-0.2, 0) is 6.61 Å². The van der Waals surface area contributed by atoms with Gasteiger partial charge in [0.15, 0.2) is 11.5 Å². The smallest absolute Gasteiger partial charge is 0.205 e. The van der Waals surface area contributed by atoms with Crippen LogP contribution in [0.1, 0.15) is 11.1 Å². The molecule has 0 fully saturated rings. The predicted octanol–water partition coefficient (Wildman–Crippen LogP) is 4.55. The molecule has 0 radical (unpaired) electrons. The number of ether oxygens (including phenoxy) is 2. The molecule has 6 nitrogen and oxygen atoms in total. The highest BCUT2D eigenvalue weighted by Gasteiger charge is 2.08. The van der Waals surface area contributed by atoms with E-state index in [-0.39, 0.29) is 6.61 Å². The molecule has 0 atom stereocenters. The number of hydrogen-bond acceptors (Lipinski definition) is 7. The van der Waals surface area contributed by atoms with Crippen molar-refractivity contribution < 1.29 is 13.9 Å². The van der Waals surface area contributed by atoms with Crippen molar-refractivity contribution in [3.05, 3.63) is 63.7 Å². The van der Waals surface area contributed by atoms with Gasteiger partial charge < -0.3 is 15.2 Å². The monoisotopic (exact) mass is 406 g/mol. The first-order chi connectivity index (χ1) is 13.0. The standard InChI is InChI=1S/C18H16ClFN4O2S/c1-25-15-5-2-11(8-22-24-18-23-17(21)10-27-18)6-16(15)26-9-12-3-4-13(20)7-14(12)19/h2-8,10H,9,21H2,1H3,(H,23,24). The Kier molecular flexibility index (Phi) is 6.10. The van der Waals surface area contributed by atoms with E-state index in [1.165, 1.54) is 23.5 Å². The maximum atomic E-state index is 13.1. The fraction of sp³-hybridized carbons (Fsp3) is 0.111. The van der Waals surface area contributed by atoms with Gasteiger partial charge in [0.2, 0.25) is 5.13 Å². The van der Waals surface area contributed by atoms with Gasteiger partial charge in [-0.1, -0.05) is 17.7 Å². The number of anilines is 2. The SMILES string of the molecule is COc1ccc(C=NNc2nc(N)cs2)cc1OCc1ccc(F)cc1Cl. The van der Waals surface area contributed by atoms with Crippen molar-refractivity contribution >= 4 is 40.1 Å². The lowest BCUT2D eigenvalue weighted by Gasteiger charge is -2.12. The van der Waals surface area contributed by atoms with Gasteiger partial charge in [-0.2, -0.15) is 5.10 Å². The largest absolute Gasteiger partial charge is 0.493 e. The van der Waals surface area contributed by atoms with Gasteiger partial charge in [0.05, 0.1) is 18.3 Å². The molecule has 1 aromatic heterocycles. The fourth-order valence-corrected chi connectivity index (χ4v) is 2.95. The van der Waals surface area contributed by atoms with E-state index in [9.17, 15) is 4.39 Å². The van der Waals surface area contributed by atoms with Crippen LogP contribution in [-0.4, -0.2) is 18.3 Å². The highest BCUT2D eigenvalue weighted by Crippen LogP contribution is 2.29. The first-order valence-electron chi connectivity index (χ1n) is 7.80. The number of aromatic nitrogens is 1. The number of thiazole rings is 1. The lowest BCUT2D eigenvalue weighted by molar-refractivity contribution is 0.284. The second-order valence-electron chi connectivity index (χ2n) is 5.38. The quantitative estimate of drug-likeness (QED) is 0.444. The van der Waals surface area contributed by atoms with Crippen molar-refractivity contribution in [2.75, 3.05) is 18.3 Å². The molecule has 0 unspecified atom stereocenters. The number of nitrogen functional groups attached to an aromatic ring is 1. The molecule has 3 N–H and O–H groups in total. The molecule has 0 aliphatic carbocycles. The van der Waals surface area contributed by atoms with Gasteiger partial charge >= 0.3 is 0 Å². The van der Waals surface area contributed by atoms with Crippen molar-refractivity contribution in [3.63, 3.8) is 0 Å². The summed E-state index contributed by atoms with van der Waals surface area (Å²) in [6.45, 7) is 0.173. The number of rotatable bonds is 7. The predicted molar refractivity (Wildman–Crippen MR) is 106 cm³/mol. The average molecular weight is 407 g/mol. The van der Waals surface area contributed by atoms with Crippen LogP contribution in [0.15, 0.2) is 46.9 Å². The van der Waals surface area contributed by atoms with Gasteiger partial charge in [-0.15, -0.1) is 11.3 Å². The van der Waals surface area contributed by atoms with Crippen LogP contribution in [0.25, 0.3) is 0 Å². The third-order valence-corrected chi connectivity index (χ3v) is 4.60. The fourth-order valence-electron chi connectivity index (χ4n) is 2.18. The number of methoxy groups -OCH3 is 1. The Morgan fingerprint density at radius 3 is 2.85 bits per heavy atom. The van der Waals surface area contributed by atoms with Gasteiger partial charge in [-0.05, 0) is 35.9 Å². The minimum absolute atomic E-state index is 0.173. The molecule has 0 saturated heterocycles. The average Bonchev–Trinajstić information content (AvgIpc) is 3.06. The van der Waals surface area contributed by atoms with E-state index in [2.05, 4.69) is 15.5 Å². The number of hydrogen-bond donors (Lipinski definition) is 2. The molecule has 140 valence electrons. The molecular weight excluding hydrogens is 391 g/mol. The Labute approximate surface area is 164 Å². The Morgan fingerprint density at radius 1 is 1.30 bits per heavy atom. The summed E-state index contributed by atoms with van der Waals surface area (Å²) in [6.07, 6.45) is 1.62. The molecule has 3 rings (SSSR count). The second-order valence-corrected chi connectivity index (χ2v) is 6.65. The van der Waals surface area contributed by atoms with Crippen LogP contribution in [0, 0.1) is 5.82 Å². The molecule has 2 aromatic carbocycles. The van der Waals surface area contributed by atoms with Crippen LogP contribution in [0.5, 0.6) is 11.5 Å². The lowest BCUT2D eigenvalue weighted by Crippen LogP contribution is -2.00. The lowest BCUT2D eigenvalue weighted by atomic mass is 10.2. The summed E-state index contributed by atoms with van der Waals surface area (Å²) in [6, 6.07) is 9.54. The Morgan fingerprint density at radius 2 is 2.15 bits per heavy atom. The molecule has 0 aliphatic rings. The van der Waals surface area contributed by atoms with Crippen molar-refractivity contribution in [2.24, 2.45) is 5.10 Å². The second kappa shape index (κ2) is 8.70. The molecule has 1 heterocycles. The summed E-state index contributed by atoms with van der Waals surface area (Å²) < 4.78 is 24.3. The van der Waals surface area contributed by atoms with Crippen molar-refractivity contribution in [2.45, 2.75) is 6.61 Å². The topological polar surface area (TPSA) is 81.8 Å². The summed E-state index contributed by atoms with van der Waals surface area (Å²) in [7, 11) is 1.55. The van der Waals surface area contributed by atoms with Crippen LogP contribution < -0.4 is 20.6 Å². The summed E-state index contributed by atoms with van der Waals surface area (Å²) in [5.74, 6) is 1.12. The van der Waals surface area contributed by atoms with E-state index in [1.54, 1.807) is 36.9 Å². The molecule has 0 spiro atoms. The summed E-state index contributed by atoms with van der Waals surface area (Å²) in [5.41, 5.74) is 9.82. The first kappa shape index (κ1) is 18.9. The number of nitrogens with two attached hydrogens (primary N) is 1. The van der Waals surface area contributed by atoms with Crippen LogP contribution >= 0.6 is 22.9 Å². The van der Waals surface area contributed by atoms with Gasteiger partial charge in [0.1, 0.15) is 18.2 Å². The summed E-state index contributed by atoms with van der Waals surface area (Å²) in [4.78, 5) is 4.05. The molecule has 0 bridgehead atoms. The Hall–Kier alpha value is -2.84. The van der Waals surface area contributed by atoms with E-state index >= 15 is 0 Å². The highest BCUT2D eigenvalue weighted by molar-refractivity contribution is 7.14. The van der Waals surface area contributed by atoms with Crippen molar-refractivity contribution in [1.82, 2.24) is 4.98 Å². The zero-order chi connectivity index (χ0) is 19.2. The van der Waals surface area contributed by atoms with Crippen LogP contribution in [0.2, 0.25) is 5.02 Å². The van der Waals surface area contributed by atoms with E-state index in [0.29, 0.717) is 33.0 Å². The molecule has 3 aromatic rings. The van der Waals surface area contributed by atoms with E-state index in [4.69, 9.17) is 26.8 Å². The van der Waals surface area contributed by atoms with Gasteiger partial charge in [-0.3, -0.25) is 5.43 Å². The Bertz CT molecular complexity index is 964. The number of benzene rings is 2. The van der Waals surface area contributed by atoms with Gasteiger partial charge in [-0.25, -0.2) is 9.37 Å². The van der Waals surface area contributed by atoms with E-state index < -0.39 is 5.82 Å². The van der Waals surface area contributed by atoms with Crippen molar-refractivity contribution in [1.29, 1.82) is 0 Å². The minimum Gasteiger partial charge on any atom is -0.493 e. The highest BCUT2D eigenvalue weighted by atomic mass is 35.5. The van der Waals surface area contributed by atoms with E-state index in [1.807, 2.05) is 6.07 Å². The third-order valence-electron chi connectivity index (χ3n) is 3.48. The number of hydrazone groups is 1. The molecule has 0 amide bonds. The van der Waals surface area contributed by atoms with Gasteiger partial charge in [0.25, 0.3) is 0 Å². The van der Waals surface area contributed by atoms with Crippen LogP contribution in [0.4, 0.5) is 15.3 Å². The van der Waals surface area contributed by atoms with Crippen LogP contribution in [0.3, 0.4) is 0 Å². The molecule has 0 aliphatic heterocycles. The zero-order valence-corrected chi connectivity index (χ0v) is 15.9. The maximum absolute atomic E-state index is 13.1. The number of nitrogens with one attached hydrogen (secondary N) is 1. The van der Waals surface area contributed by atoms with Gasteiger partial charge in [0, 0.05) is 10.9 Å². The zero-order valence-electron chi connectivity index (χ0n) is 14.3. The van der Waals surface area contributed by atoms with Crippen molar-refractivity contribution in [3.8, 4) is 11.5 Å². The third kappa shape index (κ3) is 5.08. The normalized spacial score (nSPS) is 10.9. The molecule has 9 heteroatoms. The first-order valence-corrected chi connectivity index (χ1v) is 9.06. The summed E-state index contributed by atoms with van der Waals surface area (Å²) >= 11 is 7.39. The molecule has 27 heavy (non-hydrogen) atoms. The number of halogens is 2. The molecular formula is C18H16ClFN4O2S. The van der Waals surface area contributed by atoms with E-state index in [0.717, 1.165) is 5.56 Å². The molecule has 0 saturated carbocycles. The number of nitrogens with zero attached hydrogens (tertiary/aromatic N) is 2. The maximum Gasteiger partial charge on any atom is 0.205 e. The summed E-state index contributed by atoms with van der Waals surface area (Å²) in [5, 5.41) is 6.74.